The standard InChI is InChI=1S/C24H31N5O2.HI/c1-17-21(18(2)29(4)28-17)15-27-24(25-3)26-14-20-11-12-22(23(13-20)30-5)31-16-19-9-7-6-8-10-19;/h6-13H,14-16H2,1-5H3,(H2,25,26,27);1H. The number of hydrogen-bond donors (Lipinski definition) is 2. The Labute approximate surface area is 207 Å². The van der Waals surface area contributed by atoms with Crippen LogP contribution in [0.5, 0.6) is 11.5 Å². The maximum absolute atomic E-state index is 5.94. The Kier molecular flexibility index (Phi) is 9.83. The first-order valence-corrected chi connectivity index (χ1v) is 10.3. The van der Waals surface area contributed by atoms with Crippen molar-refractivity contribution >= 4 is 29.9 Å². The molecule has 7 nitrogen and oxygen atoms in total. The second-order valence-electron chi connectivity index (χ2n) is 7.31. The second-order valence-corrected chi connectivity index (χ2v) is 7.31. The number of nitrogens with zero attached hydrogens (tertiary/aromatic N) is 3. The van der Waals surface area contributed by atoms with Crippen molar-refractivity contribution in [1.82, 2.24) is 20.4 Å². The van der Waals surface area contributed by atoms with Crippen LogP contribution < -0.4 is 20.1 Å². The Balaban J connectivity index is 0.00000363. The highest BCUT2D eigenvalue weighted by Crippen LogP contribution is 2.28. The lowest BCUT2D eigenvalue weighted by Gasteiger charge is -2.15. The van der Waals surface area contributed by atoms with Crippen LogP contribution in [0.2, 0.25) is 0 Å². The molecule has 0 unspecified atom stereocenters. The van der Waals surface area contributed by atoms with Gasteiger partial charge in [0.25, 0.3) is 0 Å². The predicted octanol–water partition coefficient (Wildman–Crippen LogP) is 4.11. The quantitative estimate of drug-likeness (QED) is 0.252. The van der Waals surface area contributed by atoms with Crippen LogP contribution in [0.25, 0.3) is 0 Å². The molecule has 0 bridgehead atoms. The number of halogens is 1. The molecule has 3 rings (SSSR count). The number of aryl methyl sites for hydroxylation is 2. The zero-order valence-electron chi connectivity index (χ0n) is 19.3. The summed E-state index contributed by atoms with van der Waals surface area (Å²) < 4.78 is 13.4. The summed E-state index contributed by atoms with van der Waals surface area (Å²) in [7, 11) is 5.37. The molecular formula is C24H32IN5O2. The van der Waals surface area contributed by atoms with Crippen LogP contribution in [0.15, 0.2) is 53.5 Å². The van der Waals surface area contributed by atoms with E-state index in [1.54, 1.807) is 14.2 Å². The number of aromatic nitrogens is 2. The Morgan fingerprint density at radius 2 is 1.72 bits per heavy atom. The van der Waals surface area contributed by atoms with Crippen molar-refractivity contribution < 1.29 is 9.47 Å². The van der Waals surface area contributed by atoms with Gasteiger partial charge in [0.2, 0.25) is 0 Å². The third-order valence-electron chi connectivity index (χ3n) is 5.24. The van der Waals surface area contributed by atoms with Gasteiger partial charge in [-0.25, -0.2) is 0 Å². The summed E-state index contributed by atoms with van der Waals surface area (Å²) in [5.74, 6) is 2.16. The van der Waals surface area contributed by atoms with Crippen LogP contribution in [0.3, 0.4) is 0 Å². The predicted molar refractivity (Wildman–Crippen MR) is 139 cm³/mol. The molecule has 0 aliphatic carbocycles. The monoisotopic (exact) mass is 549 g/mol. The fourth-order valence-electron chi connectivity index (χ4n) is 3.33. The van der Waals surface area contributed by atoms with Crippen molar-refractivity contribution in [2.75, 3.05) is 14.2 Å². The van der Waals surface area contributed by atoms with Gasteiger partial charge in [0.05, 0.1) is 12.8 Å². The minimum absolute atomic E-state index is 0. The molecule has 0 saturated heterocycles. The van der Waals surface area contributed by atoms with E-state index in [4.69, 9.17) is 9.47 Å². The van der Waals surface area contributed by atoms with E-state index in [0.29, 0.717) is 25.4 Å². The van der Waals surface area contributed by atoms with E-state index in [1.165, 1.54) is 5.56 Å². The topological polar surface area (TPSA) is 72.7 Å². The number of benzene rings is 2. The number of nitrogens with one attached hydrogen (secondary N) is 2. The van der Waals surface area contributed by atoms with E-state index in [2.05, 4.69) is 27.6 Å². The molecule has 1 aromatic heterocycles. The van der Waals surface area contributed by atoms with Crippen molar-refractivity contribution in [3.63, 3.8) is 0 Å². The van der Waals surface area contributed by atoms with Gasteiger partial charge in [0.1, 0.15) is 6.61 Å². The molecule has 3 aromatic rings. The van der Waals surface area contributed by atoms with Crippen LogP contribution in [0.4, 0.5) is 0 Å². The van der Waals surface area contributed by atoms with E-state index in [1.807, 2.05) is 67.2 Å². The van der Waals surface area contributed by atoms with Crippen LogP contribution in [-0.4, -0.2) is 29.9 Å². The van der Waals surface area contributed by atoms with Crippen LogP contribution >= 0.6 is 24.0 Å². The fraction of sp³-hybridized carbons (Fsp3) is 0.333. The number of rotatable bonds is 8. The third-order valence-corrected chi connectivity index (χ3v) is 5.24. The van der Waals surface area contributed by atoms with Crippen LogP contribution in [0, 0.1) is 13.8 Å². The Bertz CT molecular complexity index is 1030. The summed E-state index contributed by atoms with van der Waals surface area (Å²) >= 11 is 0. The van der Waals surface area contributed by atoms with E-state index in [0.717, 1.165) is 34.2 Å². The lowest BCUT2D eigenvalue weighted by molar-refractivity contribution is 0.284. The highest BCUT2D eigenvalue weighted by atomic mass is 127. The number of hydrogen-bond acceptors (Lipinski definition) is 4. The number of methoxy groups -OCH3 is 1. The average Bonchev–Trinajstić information content (AvgIpc) is 3.04. The lowest BCUT2D eigenvalue weighted by Crippen LogP contribution is -2.36. The molecule has 2 aromatic carbocycles. The molecule has 2 N–H and O–H groups in total. The minimum atomic E-state index is 0. The summed E-state index contributed by atoms with van der Waals surface area (Å²) in [6, 6.07) is 16.0. The molecule has 1 heterocycles. The van der Waals surface area contributed by atoms with E-state index in [-0.39, 0.29) is 24.0 Å². The van der Waals surface area contributed by atoms with Crippen LogP contribution in [0.1, 0.15) is 28.1 Å². The van der Waals surface area contributed by atoms with Gasteiger partial charge >= 0.3 is 0 Å². The summed E-state index contributed by atoms with van der Waals surface area (Å²) in [4.78, 5) is 4.32. The van der Waals surface area contributed by atoms with Crippen molar-refractivity contribution in [3.05, 3.63) is 76.6 Å². The molecule has 0 fully saturated rings. The number of ether oxygens (including phenoxy) is 2. The molecular weight excluding hydrogens is 517 g/mol. The van der Waals surface area contributed by atoms with E-state index >= 15 is 0 Å². The smallest absolute Gasteiger partial charge is 0.191 e. The van der Waals surface area contributed by atoms with Gasteiger partial charge in [-0.05, 0) is 37.1 Å². The zero-order chi connectivity index (χ0) is 22.2. The van der Waals surface area contributed by atoms with Crippen LogP contribution in [-0.2, 0) is 26.7 Å². The Hall–Kier alpha value is -2.75. The van der Waals surface area contributed by atoms with Gasteiger partial charge < -0.3 is 20.1 Å². The molecule has 32 heavy (non-hydrogen) atoms. The molecule has 0 amide bonds. The van der Waals surface area contributed by atoms with Gasteiger partial charge in [-0.2, -0.15) is 5.10 Å². The van der Waals surface area contributed by atoms with Crippen molar-refractivity contribution in [3.8, 4) is 11.5 Å². The second kappa shape index (κ2) is 12.3. The molecule has 0 saturated carbocycles. The first-order valence-electron chi connectivity index (χ1n) is 10.3. The Morgan fingerprint density at radius 3 is 2.34 bits per heavy atom. The average molecular weight is 549 g/mol. The molecule has 0 atom stereocenters. The first kappa shape index (κ1) is 25.5. The highest BCUT2D eigenvalue weighted by Gasteiger charge is 2.10. The maximum atomic E-state index is 5.94. The normalized spacial score (nSPS) is 11.0. The molecule has 0 spiro atoms. The summed E-state index contributed by atoms with van der Waals surface area (Å²) in [6.45, 7) is 5.87. The molecule has 0 aliphatic rings. The Morgan fingerprint density at radius 1 is 1.00 bits per heavy atom. The van der Waals surface area contributed by atoms with Gasteiger partial charge in [-0.1, -0.05) is 36.4 Å². The largest absolute Gasteiger partial charge is 0.493 e. The zero-order valence-corrected chi connectivity index (χ0v) is 21.6. The number of aliphatic imine (C=N–C) groups is 1. The highest BCUT2D eigenvalue weighted by molar-refractivity contribution is 14.0. The molecule has 8 heteroatoms. The van der Waals surface area contributed by atoms with Gasteiger partial charge in [-0.15, -0.1) is 24.0 Å². The fourth-order valence-corrected chi connectivity index (χ4v) is 3.33. The summed E-state index contributed by atoms with van der Waals surface area (Å²) in [6.07, 6.45) is 0. The molecule has 172 valence electrons. The molecule has 0 aliphatic heterocycles. The number of guanidine groups is 1. The molecule has 0 radical (unpaired) electrons. The van der Waals surface area contributed by atoms with Crippen molar-refractivity contribution in [2.24, 2.45) is 12.0 Å². The minimum Gasteiger partial charge on any atom is -0.493 e. The lowest BCUT2D eigenvalue weighted by atomic mass is 10.2. The van der Waals surface area contributed by atoms with Gasteiger partial charge in [0, 0.05) is 38.4 Å². The SMILES string of the molecule is CN=C(NCc1ccc(OCc2ccccc2)c(OC)c1)NCc1c(C)nn(C)c1C.I. The van der Waals surface area contributed by atoms with Gasteiger partial charge in [-0.3, -0.25) is 9.67 Å². The van der Waals surface area contributed by atoms with E-state index in [9.17, 15) is 0 Å². The van der Waals surface area contributed by atoms with Crippen molar-refractivity contribution in [1.29, 1.82) is 0 Å². The maximum Gasteiger partial charge on any atom is 0.191 e. The van der Waals surface area contributed by atoms with Crippen molar-refractivity contribution in [2.45, 2.75) is 33.5 Å². The van der Waals surface area contributed by atoms with E-state index < -0.39 is 0 Å². The third kappa shape index (κ3) is 6.62. The van der Waals surface area contributed by atoms with Gasteiger partial charge in [0.15, 0.2) is 17.5 Å². The summed E-state index contributed by atoms with van der Waals surface area (Å²) in [5.41, 5.74) is 5.55. The first-order chi connectivity index (χ1) is 15.0. The summed E-state index contributed by atoms with van der Waals surface area (Å²) in [5, 5.41) is 11.2.